The number of carbonyl (C=O) groups is 1. The number of benzene rings is 1. The molecule has 6 nitrogen and oxygen atoms in total. The molecule has 1 fully saturated rings. The van der Waals surface area contributed by atoms with Crippen LogP contribution < -0.4 is 5.32 Å². The smallest absolute Gasteiger partial charge is 0.253 e. The molecule has 0 aromatic heterocycles. The van der Waals surface area contributed by atoms with E-state index in [1.165, 1.54) is 4.31 Å². The van der Waals surface area contributed by atoms with E-state index in [9.17, 15) is 13.2 Å². The predicted octanol–water partition coefficient (Wildman–Crippen LogP) is 2.57. The van der Waals surface area contributed by atoms with Crippen LogP contribution in [0.1, 0.15) is 49.9 Å². The first-order valence-corrected chi connectivity index (χ1v) is 11.4. The van der Waals surface area contributed by atoms with Crippen molar-refractivity contribution in [3.8, 4) is 0 Å². The fraction of sp³-hybridized carbons (Fsp3) is 0.650. The third-order valence-electron chi connectivity index (χ3n) is 4.98. The first kappa shape index (κ1) is 21.9. The molecule has 0 radical (unpaired) electrons. The van der Waals surface area contributed by atoms with Crippen molar-refractivity contribution in [2.24, 2.45) is 5.92 Å². The number of likely N-dealkylation sites (tertiary alicyclic amines) is 1. The Bertz CT molecular complexity index is 696. The highest BCUT2D eigenvalue weighted by molar-refractivity contribution is 7.89. The molecule has 1 aromatic rings. The van der Waals surface area contributed by atoms with Crippen LogP contribution >= 0.6 is 0 Å². The second kappa shape index (κ2) is 10.2. The van der Waals surface area contributed by atoms with Gasteiger partial charge in [0.25, 0.3) is 5.91 Å². The maximum absolute atomic E-state index is 12.8. The van der Waals surface area contributed by atoms with Crippen LogP contribution in [0.25, 0.3) is 0 Å². The van der Waals surface area contributed by atoms with Gasteiger partial charge in [-0.1, -0.05) is 13.8 Å². The molecule has 1 atom stereocenters. The Morgan fingerprint density at radius 1 is 1.19 bits per heavy atom. The number of carbonyl (C=O) groups excluding carboxylic acids is 1. The molecule has 1 aromatic carbocycles. The fourth-order valence-corrected chi connectivity index (χ4v) is 5.28. The Morgan fingerprint density at radius 3 is 2.37 bits per heavy atom. The van der Waals surface area contributed by atoms with Crippen molar-refractivity contribution in [1.29, 1.82) is 0 Å². The van der Waals surface area contributed by atoms with Gasteiger partial charge in [-0.25, -0.2) is 8.42 Å². The van der Waals surface area contributed by atoms with Gasteiger partial charge in [-0.3, -0.25) is 4.79 Å². The van der Waals surface area contributed by atoms with Crippen LogP contribution in [-0.4, -0.2) is 63.3 Å². The average Bonchev–Trinajstić information content (AvgIpc) is 2.68. The standard InChI is InChI=1S/C20H33N3O3S/c1-4-12-23(13-5-2)27(25,26)19-10-8-18(9-11-19)20(24)22-14-6-7-17(16-22)15-21-3/h8-11,17,21H,4-7,12-16H2,1-3H3. The molecule has 0 bridgehead atoms. The van der Waals surface area contributed by atoms with Gasteiger partial charge >= 0.3 is 0 Å². The van der Waals surface area contributed by atoms with Crippen LogP contribution in [0.3, 0.4) is 0 Å². The number of amides is 1. The summed E-state index contributed by atoms with van der Waals surface area (Å²) in [4.78, 5) is 14.9. The normalized spacial score (nSPS) is 18.1. The zero-order valence-corrected chi connectivity index (χ0v) is 17.6. The summed E-state index contributed by atoms with van der Waals surface area (Å²) in [5.74, 6) is 0.461. The molecule has 1 saturated heterocycles. The lowest BCUT2D eigenvalue weighted by Gasteiger charge is -2.32. The Morgan fingerprint density at radius 2 is 1.81 bits per heavy atom. The molecular formula is C20H33N3O3S. The van der Waals surface area contributed by atoms with E-state index in [2.05, 4.69) is 5.32 Å². The summed E-state index contributed by atoms with van der Waals surface area (Å²) in [5, 5.41) is 3.18. The van der Waals surface area contributed by atoms with Gasteiger partial charge in [0.2, 0.25) is 10.0 Å². The van der Waals surface area contributed by atoms with E-state index < -0.39 is 10.0 Å². The van der Waals surface area contributed by atoms with E-state index in [0.717, 1.165) is 45.3 Å². The van der Waals surface area contributed by atoms with Crippen LogP contribution in [0, 0.1) is 5.92 Å². The molecule has 152 valence electrons. The molecule has 1 amide bonds. The SMILES string of the molecule is CCCN(CCC)S(=O)(=O)c1ccc(C(=O)N2CCCC(CNC)C2)cc1. The van der Waals surface area contributed by atoms with Crippen molar-refractivity contribution in [2.75, 3.05) is 39.8 Å². The topological polar surface area (TPSA) is 69.7 Å². The number of rotatable bonds is 9. The lowest BCUT2D eigenvalue weighted by Crippen LogP contribution is -2.42. The summed E-state index contributed by atoms with van der Waals surface area (Å²) in [6.07, 6.45) is 3.69. The monoisotopic (exact) mass is 395 g/mol. The number of nitrogens with one attached hydrogen (secondary N) is 1. The Balaban J connectivity index is 2.12. The van der Waals surface area contributed by atoms with E-state index in [1.807, 2.05) is 25.8 Å². The number of hydrogen-bond donors (Lipinski definition) is 1. The molecule has 0 spiro atoms. The number of piperidine rings is 1. The fourth-order valence-electron chi connectivity index (χ4n) is 3.66. The Hall–Kier alpha value is -1.44. The first-order chi connectivity index (χ1) is 12.9. The second-order valence-corrected chi connectivity index (χ2v) is 9.18. The van der Waals surface area contributed by atoms with Gasteiger partial charge in [0.15, 0.2) is 0 Å². The van der Waals surface area contributed by atoms with Crippen LogP contribution in [-0.2, 0) is 10.0 Å². The van der Waals surface area contributed by atoms with Crippen molar-refractivity contribution >= 4 is 15.9 Å². The maximum Gasteiger partial charge on any atom is 0.253 e. The third kappa shape index (κ3) is 5.53. The Kier molecular flexibility index (Phi) is 8.26. The van der Waals surface area contributed by atoms with Gasteiger partial charge in [0, 0.05) is 31.7 Å². The van der Waals surface area contributed by atoms with E-state index in [4.69, 9.17) is 0 Å². The van der Waals surface area contributed by atoms with Gasteiger partial charge in [-0.2, -0.15) is 4.31 Å². The van der Waals surface area contributed by atoms with Gasteiger partial charge in [0.05, 0.1) is 4.90 Å². The van der Waals surface area contributed by atoms with Crippen molar-refractivity contribution in [3.63, 3.8) is 0 Å². The quantitative estimate of drug-likeness (QED) is 0.698. The summed E-state index contributed by atoms with van der Waals surface area (Å²) in [6.45, 7) is 7.39. The summed E-state index contributed by atoms with van der Waals surface area (Å²) in [6, 6.07) is 6.42. The summed E-state index contributed by atoms with van der Waals surface area (Å²) in [5.41, 5.74) is 0.552. The van der Waals surface area contributed by atoms with Crippen molar-refractivity contribution in [3.05, 3.63) is 29.8 Å². The molecule has 7 heteroatoms. The van der Waals surface area contributed by atoms with Crippen LogP contribution in [0.4, 0.5) is 0 Å². The molecule has 1 unspecified atom stereocenters. The van der Waals surface area contributed by atoms with E-state index >= 15 is 0 Å². The van der Waals surface area contributed by atoms with Gasteiger partial charge in [-0.05, 0) is 69.5 Å². The van der Waals surface area contributed by atoms with Crippen LogP contribution in [0.2, 0.25) is 0 Å². The number of nitrogens with zero attached hydrogens (tertiary/aromatic N) is 2. The lowest BCUT2D eigenvalue weighted by molar-refractivity contribution is 0.0674. The average molecular weight is 396 g/mol. The molecule has 1 heterocycles. The molecule has 27 heavy (non-hydrogen) atoms. The largest absolute Gasteiger partial charge is 0.338 e. The van der Waals surface area contributed by atoms with Gasteiger partial charge in [-0.15, -0.1) is 0 Å². The third-order valence-corrected chi connectivity index (χ3v) is 6.90. The summed E-state index contributed by atoms with van der Waals surface area (Å²) >= 11 is 0. The highest BCUT2D eigenvalue weighted by atomic mass is 32.2. The zero-order valence-electron chi connectivity index (χ0n) is 16.8. The van der Waals surface area contributed by atoms with Crippen LogP contribution in [0.5, 0.6) is 0 Å². The lowest BCUT2D eigenvalue weighted by atomic mass is 9.97. The van der Waals surface area contributed by atoms with Gasteiger partial charge < -0.3 is 10.2 Å². The van der Waals surface area contributed by atoms with E-state index in [0.29, 0.717) is 24.6 Å². The Labute approximate surface area is 164 Å². The summed E-state index contributed by atoms with van der Waals surface area (Å²) in [7, 11) is -1.58. The molecule has 1 N–H and O–H groups in total. The molecule has 0 aliphatic carbocycles. The maximum atomic E-state index is 12.8. The minimum absolute atomic E-state index is 0.0151. The number of hydrogen-bond acceptors (Lipinski definition) is 4. The zero-order chi connectivity index (χ0) is 19.9. The van der Waals surface area contributed by atoms with Gasteiger partial charge in [0.1, 0.15) is 0 Å². The molecule has 1 aliphatic heterocycles. The molecule has 1 aliphatic rings. The minimum Gasteiger partial charge on any atom is -0.338 e. The predicted molar refractivity (Wildman–Crippen MR) is 108 cm³/mol. The van der Waals surface area contributed by atoms with Crippen LogP contribution in [0.15, 0.2) is 29.2 Å². The van der Waals surface area contributed by atoms with Crippen molar-refractivity contribution in [2.45, 2.75) is 44.4 Å². The number of sulfonamides is 1. The molecular weight excluding hydrogens is 362 g/mol. The summed E-state index contributed by atoms with van der Waals surface area (Å²) < 4.78 is 27.2. The van der Waals surface area contributed by atoms with Crippen molar-refractivity contribution in [1.82, 2.24) is 14.5 Å². The first-order valence-electron chi connectivity index (χ1n) is 9.98. The highest BCUT2D eigenvalue weighted by Crippen LogP contribution is 2.21. The van der Waals surface area contributed by atoms with E-state index in [-0.39, 0.29) is 10.8 Å². The molecule has 2 rings (SSSR count). The second-order valence-electron chi connectivity index (χ2n) is 7.25. The van der Waals surface area contributed by atoms with E-state index in [1.54, 1.807) is 24.3 Å². The highest BCUT2D eigenvalue weighted by Gasteiger charge is 2.26. The van der Waals surface area contributed by atoms with Crippen molar-refractivity contribution < 1.29 is 13.2 Å². The minimum atomic E-state index is -3.51. The molecule has 0 saturated carbocycles.